The molecule has 0 saturated heterocycles. The zero-order chi connectivity index (χ0) is 11.6. The van der Waals surface area contributed by atoms with Crippen LogP contribution in [0, 0.1) is 3.57 Å². The van der Waals surface area contributed by atoms with E-state index in [0.29, 0.717) is 8.04 Å². The second kappa shape index (κ2) is 5.20. The average Bonchev–Trinajstić information content (AvgIpc) is 1.99. The molecule has 0 radical (unpaired) electrons. The fourth-order valence-corrected chi connectivity index (χ4v) is 2.93. The van der Waals surface area contributed by atoms with Crippen molar-refractivity contribution in [2.24, 2.45) is 0 Å². The van der Waals surface area contributed by atoms with E-state index in [2.05, 4.69) is 20.7 Å². The molecular formula is C9H6BrF2IO2. The maximum atomic E-state index is 12.1. The standard InChI is InChI=1S/C9H6BrF2IO2/c1-4(14)8-6(13)2-5(10)3-7(8)15-9(11)12/h2-3,9H,1H3. The predicted molar refractivity (Wildman–Crippen MR) is 63.5 cm³/mol. The molecule has 0 N–H and O–H groups in total. The lowest BCUT2D eigenvalue weighted by atomic mass is 10.1. The zero-order valence-electron chi connectivity index (χ0n) is 7.56. The number of alkyl halides is 2. The molecule has 15 heavy (non-hydrogen) atoms. The van der Waals surface area contributed by atoms with Crippen LogP contribution in [0.25, 0.3) is 0 Å². The highest BCUT2D eigenvalue weighted by Gasteiger charge is 2.17. The Labute approximate surface area is 107 Å². The highest BCUT2D eigenvalue weighted by molar-refractivity contribution is 14.1. The van der Waals surface area contributed by atoms with E-state index in [1.54, 1.807) is 6.07 Å². The van der Waals surface area contributed by atoms with Gasteiger partial charge in [0.2, 0.25) is 0 Å². The topological polar surface area (TPSA) is 26.3 Å². The molecule has 0 aromatic heterocycles. The van der Waals surface area contributed by atoms with Crippen LogP contribution in [0.3, 0.4) is 0 Å². The Hall–Kier alpha value is -0.240. The van der Waals surface area contributed by atoms with E-state index in [-0.39, 0.29) is 17.1 Å². The van der Waals surface area contributed by atoms with E-state index in [4.69, 9.17) is 0 Å². The maximum Gasteiger partial charge on any atom is 0.387 e. The van der Waals surface area contributed by atoms with Crippen molar-refractivity contribution >= 4 is 44.3 Å². The second-order valence-electron chi connectivity index (χ2n) is 2.70. The van der Waals surface area contributed by atoms with Gasteiger partial charge in [-0.15, -0.1) is 0 Å². The number of carbonyl (C=O) groups is 1. The molecule has 6 heteroatoms. The van der Waals surface area contributed by atoms with Crippen molar-refractivity contribution in [3.63, 3.8) is 0 Å². The summed E-state index contributed by atoms with van der Waals surface area (Å²) in [6.07, 6.45) is 0. The van der Waals surface area contributed by atoms with Crippen LogP contribution in [0.4, 0.5) is 8.78 Å². The SMILES string of the molecule is CC(=O)c1c(I)cc(Br)cc1OC(F)F. The summed E-state index contributed by atoms with van der Waals surface area (Å²) in [5.74, 6) is -0.404. The Kier molecular flexibility index (Phi) is 4.45. The number of hydrogen-bond acceptors (Lipinski definition) is 2. The lowest BCUT2D eigenvalue weighted by Crippen LogP contribution is -2.08. The number of ether oxygens (including phenoxy) is 1. The summed E-state index contributed by atoms with van der Waals surface area (Å²) >= 11 is 5.04. The molecule has 1 rings (SSSR count). The molecule has 0 atom stereocenters. The lowest BCUT2D eigenvalue weighted by molar-refractivity contribution is -0.0502. The first-order valence-corrected chi connectivity index (χ1v) is 5.73. The van der Waals surface area contributed by atoms with Crippen molar-refractivity contribution < 1.29 is 18.3 Å². The Morgan fingerprint density at radius 1 is 1.53 bits per heavy atom. The van der Waals surface area contributed by atoms with Gasteiger partial charge in [0.1, 0.15) is 5.75 Å². The van der Waals surface area contributed by atoms with E-state index in [1.807, 2.05) is 22.6 Å². The molecule has 0 aliphatic carbocycles. The van der Waals surface area contributed by atoms with Crippen molar-refractivity contribution in [1.29, 1.82) is 0 Å². The third-order valence-electron chi connectivity index (χ3n) is 1.59. The number of carbonyl (C=O) groups excluding carboxylic acids is 1. The summed E-state index contributed by atoms with van der Waals surface area (Å²) in [5, 5.41) is 0. The minimum Gasteiger partial charge on any atom is -0.434 e. The van der Waals surface area contributed by atoms with E-state index in [9.17, 15) is 13.6 Å². The molecular weight excluding hydrogens is 385 g/mol. The second-order valence-corrected chi connectivity index (χ2v) is 4.77. The average molecular weight is 391 g/mol. The van der Waals surface area contributed by atoms with Crippen LogP contribution in [0.1, 0.15) is 17.3 Å². The fraction of sp³-hybridized carbons (Fsp3) is 0.222. The fourth-order valence-electron chi connectivity index (χ4n) is 1.08. The summed E-state index contributed by atoms with van der Waals surface area (Å²) in [7, 11) is 0. The predicted octanol–water partition coefficient (Wildman–Crippen LogP) is 3.86. The third kappa shape index (κ3) is 3.37. The van der Waals surface area contributed by atoms with Crippen molar-refractivity contribution in [2.45, 2.75) is 13.5 Å². The molecule has 0 saturated carbocycles. The molecule has 1 aromatic carbocycles. The minimum absolute atomic E-state index is 0.101. The Morgan fingerprint density at radius 3 is 2.60 bits per heavy atom. The molecule has 1 aromatic rings. The van der Waals surface area contributed by atoms with Crippen LogP contribution in [0.5, 0.6) is 5.75 Å². The van der Waals surface area contributed by atoms with Gasteiger partial charge in [-0.2, -0.15) is 8.78 Å². The smallest absolute Gasteiger partial charge is 0.387 e. The number of benzene rings is 1. The highest BCUT2D eigenvalue weighted by Crippen LogP contribution is 2.30. The third-order valence-corrected chi connectivity index (χ3v) is 2.90. The van der Waals surface area contributed by atoms with Gasteiger partial charge >= 0.3 is 6.61 Å². The molecule has 0 fully saturated rings. The summed E-state index contributed by atoms with van der Waals surface area (Å²) in [4.78, 5) is 11.2. The van der Waals surface area contributed by atoms with Gasteiger partial charge in [-0.3, -0.25) is 4.79 Å². The van der Waals surface area contributed by atoms with Gasteiger partial charge in [0.05, 0.1) is 5.56 Å². The van der Waals surface area contributed by atoms with Gasteiger partial charge < -0.3 is 4.74 Å². The zero-order valence-corrected chi connectivity index (χ0v) is 11.3. The van der Waals surface area contributed by atoms with Crippen molar-refractivity contribution in [2.75, 3.05) is 0 Å². The number of rotatable bonds is 3. The van der Waals surface area contributed by atoms with Crippen molar-refractivity contribution in [3.8, 4) is 5.75 Å². The number of halogens is 4. The highest BCUT2D eigenvalue weighted by atomic mass is 127. The van der Waals surface area contributed by atoms with Crippen LogP contribution in [0.15, 0.2) is 16.6 Å². The molecule has 2 nitrogen and oxygen atoms in total. The van der Waals surface area contributed by atoms with E-state index in [1.165, 1.54) is 13.0 Å². The molecule has 0 heterocycles. The van der Waals surface area contributed by atoms with E-state index in [0.717, 1.165) is 0 Å². The lowest BCUT2D eigenvalue weighted by Gasteiger charge is -2.10. The van der Waals surface area contributed by atoms with Crippen LogP contribution in [-0.2, 0) is 0 Å². The monoisotopic (exact) mass is 390 g/mol. The molecule has 0 amide bonds. The Bertz CT molecular complexity index is 396. The minimum atomic E-state index is -2.94. The van der Waals surface area contributed by atoms with Crippen LogP contribution in [-0.4, -0.2) is 12.4 Å². The van der Waals surface area contributed by atoms with Crippen molar-refractivity contribution in [3.05, 3.63) is 25.7 Å². The van der Waals surface area contributed by atoms with Gasteiger partial charge in [0, 0.05) is 8.04 Å². The van der Waals surface area contributed by atoms with Gasteiger partial charge in [0.25, 0.3) is 0 Å². The van der Waals surface area contributed by atoms with Gasteiger partial charge in [-0.05, 0) is 41.6 Å². The molecule has 0 aliphatic rings. The summed E-state index contributed by atoms with van der Waals surface area (Å²) in [6, 6.07) is 3.01. The van der Waals surface area contributed by atoms with Crippen molar-refractivity contribution in [1.82, 2.24) is 0 Å². The van der Waals surface area contributed by atoms with E-state index >= 15 is 0 Å². The molecule has 82 valence electrons. The summed E-state index contributed by atoms with van der Waals surface area (Å²) < 4.78 is 29.6. The molecule has 0 bridgehead atoms. The Balaban J connectivity index is 3.27. The first-order chi connectivity index (χ1) is 6.91. The normalized spacial score (nSPS) is 10.5. The van der Waals surface area contributed by atoms with Crippen LogP contribution >= 0.6 is 38.5 Å². The number of Topliss-reactive ketones (excluding diaryl/α,β-unsaturated/α-hetero) is 1. The largest absolute Gasteiger partial charge is 0.434 e. The van der Waals surface area contributed by atoms with Crippen LogP contribution < -0.4 is 4.74 Å². The number of hydrogen-bond donors (Lipinski definition) is 0. The summed E-state index contributed by atoms with van der Waals surface area (Å²) in [5.41, 5.74) is 0.180. The van der Waals surface area contributed by atoms with Gasteiger partial charge in [-0.25, -0.2) is 0 Å². The van der Waals surface area contributed by atoms with Gasteiger partial charge in [-0.1, -0.05) is 15.9 Å². The summed E-state index contributed by atoms with van der Waals surface area (Å²) in [6.45, 7) is -1.63. The maximum absolute atomic E-state index is 12.1. The number of ketones is 1. The van der Waals surface area contributed by atoms with E-state index < -0.39 is 6.61 Å². The quantitative estimate of drug-likeness (QED) is 0.578. The molecule has 0 spiro atoms. The Morgan fingerprint density at radius 2 is 2.13 bits per heavy atom. The first kappa shape index (κ1) is 12.8. The molecule has 0 unspecified atom stereocenters. The van der Waals surface area contributed by atoms with Crippen LogP contribution in [0.2, 0.25) is 0 Å². The van der Waals surface area contributed by atoms with Gasteiger partial charge in [0.15, 0.2) is 5.78 Å². The molecule has 0 aliphatic heterocycles. The first-order valence-electron chi connectivity index (χ1n) is 3.86.